The lowest BCUT2D eigenvalue weighted by Gasteiger charge is -2.13. The van der Waals surface area contributed by atoms with Gasteiger partial charge in [-0.1, -0.05) is 52.0 Å². The number of para-hydroxylation sites is 1. The van der Waals surface area contributed by atoms with Gasteiger partial charge in [0.25, 0.3) is 0 Å². The Bertz CT molecular complexity index is 818. The predicted molar refractivity (Wildman–Crippen MR) is 121 cm³/mol. The molecular formula is C25H33NO3. The standard InChI is InChI=1S/C25H33NO3/c1-6-20-9-8-10-21(7-2)25(20)26-24(27)14-12-19-11-13-22(23(17-19)28-5)29-16-15-18(3)4/h8-14,17-18H,6-7,15-16H2,1-5H3,(H,26,27). The molecule has 0 bridgehead atoms. The second-order valence-corrected chi connectivity index (χ2v) is 7.42. The zero-order chi connectivity index (χ0) is 21.2. The Morgan fingerprint density at radius 1 is 1.07 bits per heavy atom. The third-order valence-electron chi connectivity index (χ3n) is 4.81. The second-order valence-electron chi connectivity index (χ2n) is 7.42. The summed E-state index contributed by atoms with van der Waals surface area (Å²) >= 11 is 0. The molecule has 1 amide bonds. The highest BCUT2D eigenvalue weighted by atomic mass is 16.5. The van der Waals surface area contributed by atoms with E-state index >= 15 is 0 Å². The average molecular weight is 396 g/mol. The van der Waals surface area contributed by atoms with Gasteiger partial charge in [-0.2, -0.15) is 0 Å². The predicted octanol–water partition coefficient (Wildman–Crippen LogP) is 5.90. The van der Waals surface area contributed by atoms with Gasteiger partial charge in [-0.05, 0) is 60.1 Å². The molecule has 0 atom stereocenters. The van der Waals surface area contributed by atoms with Crippen LogP contribution in [0, 0.1) is 5.92 Å². The van der Waals surface area contributed by atoms with Crippen LogP contribution in [-0.4, -0.2) is 19.6 Å². The number of carbonyl (C=O) groups excluding carboxylic acids is 1. The van der Waals surface area contributed by atoms with Crippen LogP contribution in [-0.2, 0) is 17.6 Å². The van der Waals surface area contributed by atoms with E-state index in [1.165, 1.54) is 0 Å². The van der Waals surface area contributed by atoms with Crippen molar-refractivity contribution >= 4 is 17.7 Å². The first-order valence-electron chi connectivity index (χ1n) is 10.4. The van der Waals surface area contributed by atoms with E-state index in [9.17, 15) is 4.79 Å². The molecule has 4 nitrogen and oxygen atoms in total. The number of methoxy groups -OCH3 is 1. The molecule has 2 aromatic rings. The normalized spacial score (nSPS) is 11.1. The lowest BCUT2D eigenvalue weighted by atomic mass is 10.0. The van der Waals surface area contributed by atoms with Gasteiger partial charge in [0.15, 0.2) is 11.5 Å². The van der Waals surface area contributed by atoms with Gasteiger partial charge in [-0.3, -0.25) is 4.79 Å². The van der Waals surface area contributed by atoms with Gasteiger partial charge in [0.05, 0.1) is 13.7 Å². The van der Waals surface area contributed by atoms with Crippen molar-refractivity contribution in [2.24, 2.45) is 5.92 Å². The van der Waals surface area contributed by atoms with Crippen LogP contribution in [0.2, 0.25) is 0 Å². The summed E-state index contributed by atoms with van der Waals surface area (Å²) in [6, 6.07) is 11.8. The van der Waals surface area contributed by atoms with Crippen molar-refractivity contribution in [3.63, 3.8) is 0 Å². The summed E-state index contributed by atoms with van der Waals surface area (Å²) < 4.78 is 11.3. The maximum absolute atomic E-state index is 12.5. The molecule has 0 saturated carbocycles. The van der Waals surface area contributed by atoms with Crippen LogP contribution in [0.25, 0.3) is 6.08 Å². The number of amides is 1. The minimum absolute atomic E-state index is 0.142. The zero-order valence-electron chi connectivity index (χ0n) is 18.2. The van der Waals surface area contributed by atoms with E-state index in [0.717, 1.165) is 47.4 Å². The topological polar surface area (TPSA) is 47.6 Å². The van der Waals surface area contributed by atoms with E-state index in [2.05, 4.69) is 45.1 Å². The van der Waals surface area contributed by atoms with Crippen molar-refractivity contribution < 1.29 is 14.3 Å². The van der Waals surface area contributed by atoms with Crippen molar-refractivity contribution in [3.8, 4) is 11.5 Å². The summed E-state index contributed by atoms with van der Waals surface area (Å²) in [5.41, 5.74) is 4.11. The van der Waals surface area contributed by atoms with Gasteiger partial charge in [0.2, 0.25) is 5.91 Å². The summed E-state index contributed by atoms with van der Waals surface area (Å²) in [6.07, 6.45) is 6.09. The highest BCUT2D eigenvalue weighted by molar-refractivity contribution is 6.02. The number of benzene rings is 2. The molecule has 0 aliphatic rings. The summed E-state index contributed by atoms with van der Waals surface area (Å²) in [5.74, 6) is 1.84. The lowest BCUT2D eigenvalue weighted by Crippen LogP contribution is -2.11. The Hall–Kier alpha value is -2.75. The fourth-order valence-electron chi connectivity index (χ4n) is 3.05. The molecule has 0 spiro atoms. The highest BCUT2D eigenvalue weighted by Gasteiger charge is 2.09. The fraction of sp³-hybridized carbons (Fsp3) is 0.400. The molecule has 0 aromatic heterocycles. The first-order valence-corrected chi connectivity index (χ1v) is 10.4. The minimum Gasteiger partial charge on any atom is -0.493 e. The smallest absolute Gasteiger partial charge is 0.248 e. The second kappa shape index (κ2) is 11.3. The summed E-state index contributed by atoms with van der Waals surface area (Å²) in [7, 11) is 1.62. The third-order valence-corrected chi connectivity index (χ3v) is 4.81. The molecule has 0 fully saturated rings. The minimum atomic E-state index is -0.142. The molecule has 0 aliphatic carbocycles. The molecule has 0 unspecified atom stereocenters. The third kappa shape index (κ3) is 6.67. The van der Waals surface area contributed by atoms with E-state index in [-0.39, 0.29) is 5.91 Å². The number of hydrogen-bond donors (Lipinski definition) is 1. The van der Waals surface area contributed by atoms with Gasteiger partial charge in [-0.25, -0.2) is 0 Å². The van der Waals surface area contributed by atoms with Crippen molar-refractivity contribution in [2.75, 3.05) is 19.0 Å². The first kappa shape index (κ1) is 22.5. The molecule has 2 aromatic carbocycles. The van der Waals surface area contributed by atoms with Gasteiger partial charge in [-0.15, -0.1) is 0 Å². The van der Waals surface area contributed by atoms with Crippen LogP contribution in [0.15, 0.2) is 42.5 Å². The van der Waals surface area contributed by atoms with Gasteiger partial charge >= 0.3 is 0 Å². The van der Waals surface area contributed by atoms with Crippen LogP contribution in [0.3, 0.4) is 0 Å². The molecule has 29 heavy (non-hydrogen) atoms. The molecule has 0 heterocycles. The summed E-state index contributed by atoms with van der Waals surface area (Å²) in [4.78, 5) is 12.5. The Kier molecular flexibility index (Phi) is 8.78. The molecule has 0 saturated heterocycles. The number of hydrogen-bond acceptors (Lipinski definition) is 3. The number of carbonyl (C=O) groups is 1. The van der Waals surface area contributed by atoms with Gasteiger partial charge < -0.3 is 14.8 Å². The summed E-state index contributed by atoms with van der Waals surface area (Å²) in [5, 5.41) is 3.05. The van der Waals surface area contributed by atoms with Crippen LogP contribution in [0.4, 0.5) is 5.69 Å². The highest BCUT2D eigenvalue weighted by Crippen LogP contribution is 2.29. The van der Waals surface area contributed by atoms with E-state index in [1.54, 1.807) is 19.3 Å². The van der Waals surface area contributed by atoms with Gasteiger partial charge in [0, 0.05) is 11.8 Å². The molecular weight excluding hydrogens is 362 g/mol. The van der Waals surface area contributed by atoms with Gasteiger partial charge in [0.1, 0.15) is 0 Å². The van der Waals surface area contributed by atoms with E-state index < -0.39 is 0 Å². The maximum atomic E-state index is 12.5. The van der Waals surface area contributed by atoms with Crippen LogP contribution < -0.4 is 14.8 Å². The van der Waals surface area contributed by atoms with Crippen molar-refractivity contribution in [2.45, 2.75) is 47.0 Å². The Morgan fingerprint density at radius 2 is 1.76 bits per heavy atom. The number of aryl methyl sites for hydroxylation is 2. The molecule has 156 valence electrons. The SMILES string of the molecule is CCc1cccc(CC)c1NC(=O)C=Cc1ccc(OCCC(C)C)c(OC)c1. The first-order chi connectivity index (χ1) is 14.0. The molecule has 2 rings (SSSR count). The van der Waals surface area contributed by atoms with Crippen LogP contribution in [0.1, 0.15) is 50.8 Å². The van der Waals surface area contributed by atoms with E-state index in [4.69, 9.17) is 9.47 Å². The fourth-order valence-corrected chi connectivity index (χ4v) is 3.05. The number of nitrogens with one attached hydrogen (secondary N) is 1. The lowest BCUT2D eigenvalue weighted by molar-refractivity contribution is -0.111. The zero-order valence-corrected chi connectivity index (χ0v) is 18.2. The Balaban J connectivity index is 2.08. The van der Waals surface area contributed by atoms with Crippen LogP contribution >= 0.6 is 0 Å². The van der Waals surface area contributed by atoms with Crippen molar-refractivity contribution in [1.29, 1.82) is 0 Å². The summed E-state index contributed by atoms with van der Waals surface area (Å²) in [6.45, 7) is 9.18. The Morgan fingerprint density at radius 3 is 2.34 bits per heavy atom. The molecule has 0 aliphatic heterocycles. The van der Waals surface area contributed by atoms with Crippen molar-refractivity contribution in [1.82, 2.24) is 0 Å². The number of anilines is 1. The van der Waals surface area contributed by atoms with Crippen molar-refractivity contribution in [3.05, 3.63) is 59.2 Å². The number of ether oxygens (including phenoxy) is 2. The largest absolute Gasteiger partial charge is 0.493 e. The maximum Gasteiger partial charge on any atom is 0.248 e. The van der Waals surface area contributed by atoms with E-state index in [0.29, 0.717) is 18.3 Å². The average Bonchev–Trinajstić information content (AvgIpc) is 2.72. The number of rotatable bonds is 10. The molecule has 4 heteroatoms. The monoisotopic (exact) mass is 395 g/mol. The Labute approximate surface area is 174 Å². The van der Waals surface area contributed by atoms with E-state index in [1.807, 2.05) is 24.3 Å². The molecule has 1 N–H and O–H groups in total. The van der Waals surface area contributed by atoms with Crippen LogP contribution in [0.5, 0.6) is 11.5 Å². The molecule has 0 radical (unpaired) electrons. The quantitative estimate of drug-likeness (QED) is 0.510.